The zero-order valence-electron chi connectivity index (χ0n) is 15.7. The van der Waals surface area contributed by atoms with E-state index in [1.165, 1.54) is 11.3 Å². The molecule has 0 aromatic heterocycles. The minimum Gasteiger partial charge on any atom is -0.393 e. The van der Waals surface area contributed by atoms with Gasteiger partial charge >= 0.3 is 0 Å². The van der Waals surface area contributed by atoms with Crippen LogP contribution in [0.5, 0.6) is 0 Å². The lowest BCUT2D eigenvalue weighted by Gasteiger charge is -2.36. The number of anilines is 1. The molecule has 2 fully saturated rings. The molecule has 0 bridgehead atoms. The average molecular weight is 361 g/mol. The van der Waals surface area contributed by atoms with Gasteiger partial charge in [-0.15, -0.1) is 0 Å². The molecule has 6 nitrogen and oxygen atoms in total. The number of carbonyl (C=O) groups excluding carboxylic acids is 1. The zero-order valence-corrected chi connectivity index (χ0v) is 15.7. The molecule has 2 aliphatic heterocycles. The maximum absolute atomic E-state index is 12.6. The molecule has 1 amide bonds. The second kappa shape index (κ2) is 8.37. The van der Waals surface area contributed by atoms with Crippen molar-refractivity contribution in [3.63, 3.8) is 0 Å². The molecule has 2 heterocycles. The first kappa shape index (κ1) is 19.1. The molecule has 2 saturated heterocycles. The maximum atomic E-state index is 12.6. The van der Waals surface area contributed by atoms with Gasteiger partial charge in [-0.3, -0.25) is 9.69 Å². The molecule has 2 N–H and O–H groups in total. The predicted octanol–water partition coefficient (Wildman–Crippen LogP) is 0.853. The first-order valence-electron chi connectivity index (χ1n) is 9.64. The Kier molecular flexibility index (Phi) is 6.16. The van der Waals surface area contributed by atoms with Crippen LogP contribution >= 0.6 is 0 Å². The third kappa shape index (κ3) is 4.75. The van der Waals surface area contributed by atoms with Crippen molar-refractivity contribution in [1.82, 2.24) is 9.80 Å². The lowest BCUT2D eigenvalue weighted by atomic mass is 9.96. The first-order valence-corrected chi connectivity index (χ1v) is 9.64. The predicted molar refractivity (Wildman–Crippen MR) is 102 cm³/mol. The average Bonchev–Trinajstić information content (AvgIpc) is 2.85. The Labute approximate surface area is 156 Å². The van der Waals surface area contributed by atoms with Gasteiger partial charge in [-0.2, -0.15) is 0 Å². The molecule has 144 valence electrons. The molecular formula is C20H31N3O3. The molecule has 2 aliphatic rings. The fraction of sp³-hybridized carbons (Fsp3) is 0.650. The third-order valence-electron chi connectivity index (χ3n) is 5.66. The van der Waals surface area contributed by atoms with Crippen LogP contribution in [0.2, 0.25) is 0 Å². The molecule has 3 rings (SSSR count). The van der Waals surface area contributed by atoms with Crippen molar-refractivity contribution in [2.45, 2.75) is 31.8 Å². The Morgan fingerprint density at radius 1 is 1.12 bits per heavy atom. The van der Waals surface area contributed by atoms with E-state index in [-0.39, 0.29) is 12.5 Å². The van der Waals surface area contributed by atoms with E-state index in [4.69, 9.17) is 0 Å². The standard InChI is InChI=1S/C20H31N3O3/c1-17-4-2-5-18(14-17)22-12-10-21(11-13-22)15-19(25)23-8-3-6-20(26,16-24)7-9-23/h2,4-5,14,24,26H,3,6-13,15-16H2,1H3/t20-/m1/s1. The quantitative estimate of drug-likeness (QED) is 0.832. The SMILES string of the molecule is Cc1cccc(N2CCN(CC(=O)N3CCC[C@](O)(CO)CC3)CC2)c1. The number of aliphatic hydroxyl groups is 2. The van der Waals surface area contributed by atoms with Crippen LogP contribution in [0, 0.1) is 6.92 Å². The summed E-state index contributed by atoms with van der Waals surface area (Å²) >= 11 is 0. The number of rotatable bonds is 4. The van der Waals surface area contributed by atoms with E-state index >= 15 is 0 Å². The van der Waals surface area contributed by atoms with Gasteiger partial charge in [0.1, 0.15) is 0 Å². The highest BCUT2D eigenvalue weighted by atomic mass is 16.3. The van der Waals surface area contributed by atoms with Gasteiger partial charge in [-0.05, 0) is 43.9 Å². The smallest absolute Gasteiger partial charge is 0.236 e. The van der Waals surface area contributed by atoms with Crippen LogP contribution < -0.4 is 4.90 Å². The van der Waals surface area contributed by atoms with Gasteiger partial charge in [0.2, 0.25) is 5.91 Å². The van der Waals surface area contributed by atoms with Crippen molar-refractivity contribution < 1.29 is 15.0 Å². The Morgan fingerprint density at radius 2 is 1.88 bits per heavy atom. The molecule has 1 aromatic carbocycles. The molecule has 0 unspecified atom stereocenters. The minimum absolute atomic E-state index is 0.135. The summed E-state index contributed by atoms with van der Waals surface area (Å²) < 4.78 is 0. The number of likely N-dealkylation sites (tertiary alicyclic amines) is 1. The highest BCUT2D eigenvalue weighted by Crippen LogP contribution is 2.22. The first-order chi connectivity index (χ1) is 12.5. The van der Waals surface area contributed by atoms with Gasteiger partial charge in [-0.25, -0.2) is 0 Å². The molecule has 0 radical (unpaired) electrons. The number of benzene rings is 1. The summed E-state index contributed by atoms with van der Waals surface area (Å²) in [6.45, 7) is 7.15. The molecule has 1 aromatic rings. The molecule has 0 spiro atoms. The lowest BCUT2D eigenvalue weighted by Crippen LogP contribution is -2.50. The van der Waals surface area contributed by atoms with Crippen LogP contribution in [0.25, 0.3) is 0 Å². The van der Waals surface area contributed by atoms with Crippen LogP contribution in [-0.4, -0.2) is 83.9 Å². The van der Waals surface area contributed by atoms with Gasteiger partial charge in [-0.1, -0.05) is 12.1 Å². The van der Waals surface area contributed by atoms with Crippen LogP contribution in [0.1, 0.15) is 24.8 Å². The van der Waals surface area contributed by atoms with Crippen molar-refractivity contribution in [2.75, 3.05) is 57.3 Å². The number of nitrogens with zero attached hydrogens (tertiary/aromatic N) is 3. The second-order valence-electron chi connectivity index (χ2n) is 7.72. The van der Waals surface area contributed by atoms with Crippen molar-refractivity contribution in [3.8, 4) is 0 Å². The molecular weight excluding hydrogens is 330 g/mol. The van der Waals surface area contributed by atoms with Gasteiger partial charge in [0, 0.05) is 45.0 Å². The van der Waals surface area contributed by atoms with Gasteiger partial charge < -0.3 is 20.0 Å². The molecule has 6 heteroatoms. The third-order valence-corrected chi connectivity index (χ3v) is 5.66. The Balaban J connectivity index is 1.47. The number of hydrogen-bond donors (Lipinski definition) is 2. The van der Waals surface area contributed by atoms with E-state index in [1.54, 1.807) is 0 Å². The monoisotopic (exact) mass is 361 g/mol. The van der Waals surface area contributed by atoms with Crippen molar-refractivity contribution >= 4 is 11.6 Å². The topological polar surface area (TPSA) is 67.2 Å². The fourth-order valence-electron chi connectivity index (χ4n) is 3.87. The fourth-order valence-corrected chi connectivity index (χ4v) is 3.87. The van der Waals surface area contributed by atoms with Crippen molar-refractivity contribution in [2.24, 2.45) is 0 Å². The summed E-state index contributed by atoms with van der Waals surface area (Å²) in [7, 11) is 0. The van der Waals surface area contributed by atoms with E-state index in [1.807, 2.05) is 4.90 Å². The summed E-state index contributed by atoms with van der Waals surface area (Å²) in [6.07, 6.45) is 1.75. The van der Waals surface area contributed by atoms with E-state index in [0.717, 1.165) is 32.6 Å². The minimum atomic E-state index is -1.02. The number of aryl methyl sites for hydroxylation is 1. The number of hydrogen-bond acceptors (Lipinski definition) is 5. The largest absolute Gasteiger partial charge is 0.393 e. The molecule has 1 atom stereocenters. The van der Waals surface area contributed by atoms with Crippen LogP contribution in [0.4, 0.5) is 5.69 Å². The van der Waals surface area contributed by atoms with Gasteiger partial charge in [0.25, 0.3) is 0 Å². The van der Waals surface area contributed by atoms with Crippen LogP contribution in [0.3, 0.4) is 0 Å². The summed E-state index contributed by atoms with van der Waals surface area (Å²) in [5.74, 6) is 0.135. The summed E-state index contributed by atoms with van der Waals surface area (Å²) in [5.41, 5.74) is 1.50. The Hall–Kier alpha value is -1.63. The van der Waals surface area contributed by atoms with Crippen molar-refractivity contribution in [3.05, 3.63) is 29.8 Å². The highest BCUT2D eigenvalue weighted by Gasteiger charge is 2.31. The van der Waals surface area contributed by atoms with Gasteiger partial charge in [0.15, 0.2) is 0 Å². The number of piperazine rings is 1. The van der Waals surface area contributed by atoms with E-state index in [9.17, 15) is 15.0 Å². The number of carbonyl (C=O) groups is 1. The summed E-state index contributed by atoms with van der Waals surface area (Å²) in [4.78, 5) is 19.1. The summed E-state index contributed by atoms with van der Waals surface area (Å²) in [6, 6.07) is 8.55. The normalized spacial score (nSPS) is 25.2. The second-order valence-corrected chi connectivity index (χ2v) is 7.72. The van der Waals surface area contributed by atoms with E-state index in [2.05, 4.69) is 41.0 Å². The number of aliphatic hydroxyl groups excluding tert-OH is 1. The maximum Gasteiger partial charge on any atom is 0.236 e. The Morgan fingerprint density at radius 3 is 2.58 bits per heavy atom. The summed E-state index contributed by atoms with van der Waals surface area (Å²) in [5, 5.41) is 19.6. The number of amides is 1. The molecule has 0 aliphatic carbocycles. The van der Waals surface area contributed by atoms with Crippen LogP contribution in [0.15, 0.2) is 24.3 Å². The highest BCUT2D eigenvalue weighted by molar-refractivity contribution is 5.78. The van der Waals surface area contributed by atoms with Crippen molar-refractivity contribution in [1.29, 1.82) is 0 Å². The zero-order chi connectivity index (χ0) is 18.6. The molecule has 0 saturated carbocycles. The lowest BCUT2D eigenvalue weighted by molar-refractivity contribution is -0.132. The van der Waals surface area contributed by atoms with Crippen LogP contribution in [-0.2, 0) is 4.79 Å². The van der Waals surface area contributed by atoms with E-state index < -0.39 is 5.60 Å². The Bertz CT molecular complexity index is 616. The molecule has 26 heavy (non-hydrogen) atoms. The van der Waals surface area contributed by atoms with E-state index in [0.29, 0.717) is 32.5 Å². The van der Waals surface area contributed by atoms with Gasteiger partial charge in [0.05, 0.1) is 18.8 Å².